The Morgan fingerprint density at radius 1 is 1.24 bits per heavy atom. The molecule has 1 aromatic rings. The number of amides is 2. The van der Waals surface area contributed by atoms with Crippen LogP contribution in [0, 0.1) is 12.8 Å². The lowest BCUT2D eigenvalue weighted by Crippen LogP contribution is -2.50. The zero-order chi connectivity index (χ0) is 17.6. The minimum absolute atomic E-state index is 0.102. The fraction of sp³-hybridized carbons (Fsp3) is 0.722. The van der Waals surface area contributed by atoms with Crippen molar-refractivity contribution in [1.29, 1.82) is 0 Å². The highest BCUT2D eigenvalue weighted by atomic mass is 16.5. The first-order valence-electron chi connectivity index (χ1n) is 9.33. The maximum atomic E-state index is 12.3. The first-order chi connectivity index (χ1) is 12.1. The van der Waals surface area contributed by atoms with E-state index in [0.717, 1.165) is 25.4 Å². The zero-order valence-electron chi connectivity index (χ0n) is 15.0. The van der Waals surface area contributed by atoms with E-state index in [0.29, 0.717) is 37.6 Å². The fourth-order valence-electron chi connectivity index (χ4n) is 3.75. The number of rotatable bonds is 6. The fourth-order valence-corrected chi connectivity index (χ4v) is 3.75. The van der Waals surface area contributed by atoms with Crippen molar-refractivity contribution in [1.82, 2.24) is 15.0 Å². The number of nitrogens with zero attached hydrogens (tertiary/aromatic N) is 3. The second-order valence-electron chi connectivity index (χ2n) is 7.22. The lowest BCUT2D eigenvalue weighted by Gasteiger charge is -2.34. The van der Waals surface area contributed by atoms with E-state index in [1.165, 1.54) is 25.7 Å². The predicted molar refractivity (Wildman–Crippen MR) is 94.1 cm³/mol. The normalized spacial score (nSPS) is 19.3. The molecular weight excluding hydrogens is 320 g/mol. The van der Waals surface area contributed by atoms with Gasteiger partial charge in [0.1, 0.15) is 5.76 Å². The van der Waals surface area contributed by atoms with Crippen LogP contribution in [-0.2, 0) is 9.59 Å². The Balaban J connectivity index is 1.34. The average molecular weight is 348 g/mol. The van der Waals surface area contributed by atoms with Crippen LogP contribution in [0.1, 0.15) is 44.3 Å². The Morgan fingerprint density at radius 3 is 2.60 bits per heavy atom. The lowest BCUT2D eigenvalue weighted by molar-refractivity contribution is -0.133. The maximum absolute atomic E-state index is 12.3. The molecule has 7 heteroatoms. The van der Waals surface area contributed by atoms with Crippen molar-refractivity contribution in [3.63, 3.8) is 0 Å². The van der Waals surface area contributed by atoms with Crippen LogP contribution in [0.5, 0.6) is 0 Å². The lowest BCUT2D eigenvalue weighted by atomic mass is 10.0. The van der Waals surface area contributed by atoms with Gasteiger partial charge < -0.3 is 14.7 Å². The third kappa shape index (κ3) is 5.29. The predicted octanol–water partition coefficient (Wildman–Crippen LogP) is 2.04. The van der Waals surface area contributed by atoms with Crippen LogP contribution in [0.3, 0.4) is 0 Å². The van der Waals surface area contributed by atoms with Gasteiger partial charge in [-0.1, -0.05) is 30.8 Å². The summed E-state index contributed by atoms with van der Waals surface area (Å²) in [6.07, 6.45) is 6.96. The van der Waals surface area contributed by atoms with Crippen LogP contribution < -0.4 is 5.32 Å². The summed E-state index contributed by atoms with van der Waals surface area (Å²) in [6, 6.07) is 1.69. The molecule has 0 unspecified atom stereocenters. The molecule has 0 radical (unpaired) electrons. The highest BCUT2D eigenvalue weighted by Gasteiger charge is 2.24. The molecule has 2 aliphatic rings. The van der Waals surface area contributed by atoms with Crippen LogP contribution in [0.15, 0.2) is 10.6 Å². The van der Waals surface area contributed by atoms with Crippen LogP contribution in [0.25, 0.3) is 0 Å². The van der Waals surface area contributed by atoms with E-state index in [4.69, 9.17) is 4.52 Å². The first-order valence-corrected chi connectivity index (χ1v) is 9.33. The quantitative estimate of drug-likeness (QED) is 0.851. The number of aromatic nitrogens is 1. The number of carbonyl (C=O) groups excluding carboxylic acids is 2. The number of piperazine rings is 1. The molecule has 2 fully saturated rings. The van der Waals surface area contributed by atoms with Crippen LogP contribution in [0.4, 0.5) is 5.82 Å². The summed E-state index contributed by atoms with van der Waals surface area (Å²) in [5.74, 6) is 2.04. The minimum Gasteiger partial charge on any atom is -0.360 e. The van der Waals surface area contributed by atoms with Gasteiger partial charge >= 0.3 is 0 Å². The summed E-state index contributed by atoms with van der Waals surface area (Å²) in [4.78, 5) is 28.4. The minimum atomic E-state index is -0.102. The van der Waals surface area contributed by atoms with E-state index < -0.39 is 0 Å². The molecule has 2 amide bonds. The van der Waals surface area contributed by atoms with Crippen LogP contribution in [0.2, 0.25) is 0 Å². The van der Waals surface area contributed by atoms with Gasteiger partial charge in [-0.15, -0.1) is 0 Å². The van der Waals surface area contributed by atoms with E-state index in [1.807, 2.05) is 4.90 Å². The summed E-state index contributed by atoms with van der Waals surface area (Å²) in [7, 11) is 0. The Labute approximate surface area is 148 Å². The number of aryl methyl sites for hydroxylation is 1. The number of hydrogen-bond acceptors (Lipinski definition) is 5. The van der Waals surface area contributed by atoms with E-state index in [-0.39, 0.29) is 11.8 Å². The van der Waals surface area contributed by atoms with Gasteiger partial charge in [0.05, 0.1) is 6.54 Å². The summed E-state index contributed by atoms with van der Waals surface area (Å²) in [5, 5.41) is 6.49. The van der Waals surface area contributed by atoms with Crippen molar-refractivity contribution in [3.05, 3.63) is 11.8 Å². The van der Waals surface area contributed by atoms with Gasteiger partial charge in [-0.3, -0.25) is 14.5 Å². The van der Waals surface area contributed by atoms with Crippen molar-refractivity contribution < 1.29 is 14.1 Å². The molecule has 1 aliphatic carbocycles. The molecule has 0 spiro atoms. The molecular formula is C18H28N4O3. The van der Waals surface area contributed by atoms with Gasteiger partial charge in [0.25, 0.3) is 0 Å². The number of hydrogen-bond donors (Lipinski definition) is 1. The standard InChI is InChI=1S/C18H28N4O3/c1-14-12-16(20-25-14)19-17(23)13-21-8-10-22(11-9-21)18(24)7-6-15-4-2-3-5-15/h12,15H,2-11,13H2,1H3,(H,19,20,23). The molecule has 2 heterocycles. The molecule has 3 rings (SSSR count). The molecule has 1 aromatic heterocycles. The Kier molecular flexibility index (Phi) is 6.07. The number of nitrogens with one attached hydrogen (secondary N) is 1. The second kappa shape index (κ2) is 8.47. The van der Waals surface area contributed by atoms with Crippen LogP contribution >= 0.6 is 0 Å². The highest BCUT2D eigenvalue weighted by molar-refractivity contribution is 5.91. The smallest absolute Gasteiger partial charge is 0.239 e. The first kappa shape index (κ1) is 17.9. The van der Waals surface area contributed by atoms with Gasteiger partial charge in [-0.25, -0.2) is 0 Å². The van der Waals surface area contributed by atoms with Gasteiger partial charge in [0, 0.05) is 38.7 Å². The monoisotopic (exact) mass is 348 g/mol. The molecule has 0 atom stereocenters. The SMILES string of the molecule is Cc1cc(NC(=O)CN2CCN(C(=O)CCC3CCCC3)CC2)no1. The Bertz CT molecular complexity index is 587. The molecule has 1 N–H and O–H groups in total. The molecule has 1 aliphatic heterocycles. The van der Waals surface area contributed by atoms with Gasteiger partial charge in [0.2, 0.25) is 11.8 Å². The second-order valence-corrected chi connectivity index (χ2v) is 7.22. The van der Waals surface area contributed by atoms with E-state index in [2.05, 4.69) is 15.4 Å². The molecule has 7 nitrogen and oxygen atoms in total. The van der Waals surface area contributed by atoms with Gasteiger partial charge in [0.15, 0.2) is 5.82 Å². The van der Waals surface area contributed by atoms with Crippen molar-refractivity contribution in [2.24, 2.45) is 5.92 Å². The summed E-state index contributed by atoms with van der Waals surface area (Å²) < 4.78 is 4.93. The molecule has 0 aromatic carbocycles. The summed E-state index contributed by atoms with van der Waals surface area (Å²) >= 11 is 0. The average Bonchev–Trinajstić information content (AvgIpc) is 3.25. The Morgan fingerprint density at radius 2 is 1.96 bits per heavy atom. The molecule has 1 saturated heterocycles. The topological polar surface area (TPSA) is 78.7 Å². The summed E-state index contributed by atoms with van der Waals surface area (Å²) in [6.45, 7) is 4.99. The zero-order valence-corrected chi connectivity index (χ0v) is 15.0. The number of carbonyl (C=O) groups is 2. The van der Waals surface area contributed by atoms with Crippen molar-refractivity contribution in [3.8, 4) is 0 Å². The molecule has 138 valence electrons. The maximum Gasteiger partial charge on any atom is 0.239 e. The third-order valence-electron chi connectivity index (χ3n) is 5.23. The molecule has 25 heavy (non-hydrogen) atoms. The third-order valence-corrected chi connectivity index (χ3v) is 5.23. The van der Waals surface area contributed by atoms with Crippen molar-refractivity contribution in [2.45, 2.75) is 45.4 Å². The van der Waals surface area contributed by atoms with Gasteiger partial charge in [-0.05, 0) is 19.3 Å². The molecule has 1 saturated carbocycles. The summed E-state index contributed by atoms with van der Waals surface area (Å²) in [5.41, 5.74) is 0. The number of anilines is 1. The van der Waals surface area contributed by atoms with Crippen molar-refractivity contribution >= 4 is 17.6 Å². The Hall–Kier alpha value is -1.89. The van der Waals surface area contributed by atoms with Crippen LogP contribution in [-0.4, -0.2) is 59.5 Å². The molecule has 0 bridgehead atoms. The van der Waals surface area contributed by atoms with Gasteiger partial charge in [-0.2, -0.15) is 0 Å². The highest BCUT2D eigenvalue weighted by Crippen LogP contribution is 2.28. The largest absolute Gasteiger partial charge is 0.360 e. The van der Waals surface area contributed by atoms with E-state index >= 15 is 0 Å². The van der Waals surface area contributed by atoms with E-state index in [1.54, 1.807) is 13.0 Å². The van der Waals surface area contributed by atoms with Crippen molar-refractivity contribution in [2.75, 3.05) is 38.0 Å². The van der Waals surface area contributed by atoms with E-state index in [9.17, 15) is 9.59 Å².